The first-order chi connectivity index (χ1) is 12.6. The van der Waals surface area contributed by atoms with Gasteiger partial charge in [0.15, 0.2) is 5.11 Å². The van der Waals surface area contributed by atoms with E-state index in [4.69, 9.17) is 28.6 Å². The SMILES string of the molecule is COc1ccc(CN(CC(F)(F)F)C(=S)Nc2c(C)cc(C)cc2Cl)cc1. The van der Waals surface area contributed by atoms with Crippen molar-refractivity contribution in [2.24, 2.45) is 0 Å². The number of methoxy groups -OCH3 is 1. The van der Waals surface area contributed by atoms with Crippen molar-refractivity contribution in [1.29, 1.82) is 0 Å². The number of anilines is 1. The number of alkyl halides is 3. The zero-order chi connectivity index (χ0) is 20.2. The number of halogens is 4. The second kappa shape index (κ2) is 8.80. The Morgan fingerprint density at radius 1 is 1.19 bits per heavy atom. The van der Waals surface area contributed by atoms with Gasteiger partial charge in [0.25, 0.3) is 0 Å². The molecule has 8 heteroatoms. The Hall–Kier alpha value is -1.99. The van der Waals surface area contributed by atoms with Crippen molar-refractivity contribution in [2.45, 2.75) is 26.6 Å². The summed E-state index contributed by atoms with van der Waals surface area (Å²) < 4.78 is 44.3. The topological polar surface area (TPSA) is 24.5 Å². The largest absolute Gasteiger partial charge is 0.497 e. The third-order valence-electron chi connectivity index (χ3n) is 3.85. The fraction of sp³-hybridized carbons (Fsp3) is 0.316. The minimum atomic E-state index is -4.40. The molecule has 0 aromatic heterocycles. The van der Waals surface area contributed by atoms with Gasteiger partial charge >= 0.3 is 6.18 Å². The Balaban J connectivity index is 2.23. The van der Waals surface area contributed by atoms with Crippen LogP contribution in [0.3, 0.4) is 0 Å². The van der Waals surface area contributed by atoms with Gasteiger partial charge in [0, 0.05) is 6.54 Å². The summed E-state index contributed by atoms with van der Waals surface area (Å²) in [5.41, 5.74) is 2.95. The summed E-state index contributed by atoms with van der Waals surface area (Å²) in [5, 5.41) is 3.24. The normalized spacial score (nSPS) is 11.2. The van der Waals surface area contributed by atoms with E-state index in [1.54, 1.807) is 30.3 Å². The van der Waals surface area contributed by atoms with Crippen LogP contribution in [0.1, 0.15) is 16.7 Å². The number of nitrogens with zero attached hydrogens (tertiary/aromatic N) is 1. The molecule has 146 valence electrons. The molecule has 3 nitrogen and oxygen atoms in total. The van der Waals surface area contributed by atoms with E-state index in [0.29, 0.717) is 22.0 Å². The third kappa shape index (κ3) is 6.29. The first-order valence-corrected chi connectivity index (χ1v) is 8.90. The van der Waals surface area contributed by atoms with E-state index in [2.05, 4.69) is 5.32 Å². The highest BCUT2D eigenvalue weighted by atomic mass is 35.5. The van der Waals surface area contributed by atoms with Crippen molar-refractivity contribution in [3.63, 3.8) is 0 Å². The highest BCUT2D eigenvalue weighted by Crippen LogP contribution is 2.28. The molecule has 0 radical (unpaired) electrons. The summed E-state index contributed by atoms with van der Waals surface area (Å²) in [6.45, 7) is 2.53. The maximum absolute atomic E-state index is 13.1. The summed E-state index contributed by atoms with van der Waals surface area (Å²) >= 11 is 11.5. The lowest BCUT2D eigenvalue weighted by atomic mass is 10.1. The lowest BCUT2D eigenvalue weighted by Gasteiger charge is -2.28. The number of hydrogen-bond acceptors (Lipinski definition) is 2. The molecule has 2 rings (SSSR count). The zero-order valence-corrected chi connectivity index (χ0v) is 16.7. The molecule has 27 heavy (non-hydrogen) atoms. The Morgan fingerprint density at radius 3 is 2.33 bits per heavy atom. The predicted octanol–water partition coefficient (Wildman–Crippen LogP) is 5.73. The summed E-state index contributed by atoms with van der Waals surface area (Å²) in [6.07, 6.45) is -4.40. The van der Waals surface area contributed by atoms with Crippen LogP contribution in [0.15, 0.2) is 36.4 Å². The summed E-state index contributed by atoms with van der Waals surface area (Å²) in [5.74, 6) is 0.629. The van der Waals surface area contributed by atoms with Crippen LogP contribution in [-0.2, 0) is 6.54 Å². The van der Waals surface area contributed by atoms with Crippen LogP contribution in [0.25, 0.3) is 0 Å². The molecule has 0 atom stereocenters. The first-order valence-electron chi connectivity index (χ1n) is 8.11. The average molecular weight is 417 g/mol. The van der Waals surface area contributed by atoms with Crippen LogP contribution >= 0.6 is 23.8 Å². The minimum absolute atomic E-state index is 0.00212. The van der Waals surface area contributed by atoms with E-state index in [0.717, 1.165) is 16.0 Å². The van der Waals surface area contributed by atoms with Crippen LogP contribution in [0, 0.1) is 13.8 Å². The smallest absolute Gasteiger partial charge is 0.406 e. The number of benzene rings is 2. The molecule has 0 heterocycles. The van der Waals surface area contributed by atoms with Crippen LogP contribution in [0.5, 0.6) is 5.75 Å². The van der Waals surface area contributed by atoms with Gasteiger partial charge in [-0.25, -0.2) is 0 Å². The van der Waals surface area contributed by atoms with Crippen molar-refractivity contribution in [1.82, 2.24) is 4.90 Å². The molecule has 0 amide bonds. The average Bonchev–Trinajstić information content (AvgIpc) is 2.56. The van der Waals surface area contributed by atoms with E-state index in [1.807, 2.05) is 19.9 Å². The van der Waals surface area contributed by atoms with Crippen molar-refractivity contribution in [3.05, 3.63) is 58.1 Å². The maximum Gasteiger partial charge on any atom is 0.406 e. The third-order valence-corrected chi connectivity index (χ3v) is 4.51. The van der Waals surface area contributed by atoms with E-state index in [9.17, 15) is 13.2 Å². The van der Waals surface area contributed by atoms with Gasteiger partial charge in [-0.3, -0.25) is 0 Å². The van der Waals surface area contributed by atoms with Gasteiger partial charge in [-0.05, 0) is 61.0 Å². The van der Waals surface area contributed by atoms with E-state index in [-0.39, 0.29) is 11.7 Å². The molecular weight excluding hydrogens is 397 g/mol. The van der Waals surface area contributed by atoms with Gasteiger partial charge in [-0.2, -0.15) is 13.2 Å². The Kier molecular flexibility index (Phi) is 6.95. The molecule has 2 aromatic rings. The van der Waals surface area contributed by atoms with Crippen LogP contribution in [0.4, 0.5) is 18.9 Å². The fourth-order valence-electron chi connectivity index (χ4n) is 2.63. The number of ether oxygens (including phenoxy) is 1. The molecule has 0 unspecified atom stereocenters. The monoisotopic (exact) mass is 416 g/mol. The molecular formula is C19H20ClF3N2OS. The predicted molar refractivity (Wildman–Crippen MR) is 107 cm³/mol. The Labute approximate surface area is 167 Å². The maximum atomic E-state index is 13.1. The molecule has 0 fully saturated rings. The molecule has 0 bridgehead atoms. The van der Waals surface area contributed by atoms with E-state index >= 15 is 0 Å². The molecule has 0 aliphatic carbocycles. The van der Waals surface area contributed by atoms with Gasteiger partial charge < -0.3 is 15.0 Å². The minimum Gasteiger partial charge on any atom is -0.497 e. The Bertz CT molecular complexity index is 787. The number of hydrogen-bond donors (Lipinski definition) is 1. The fourth-order valence-corrected chi connectivity index (χ4v) is 3.23. The number of nitrogens with one attached hydrogen (secondary N) is 1. The quantitative estimate of drug-likeness (QED) is 0.629. The zero-order valence-electron chi connectivity index (χ0n) is 15.2. The molecule has 2 aromatic carbocycles. The lowest BCUT2D eigenvalue weighted by molar-refractivity contribution is -0.138. The molecule has 0 aliphatic rings. The van der Waals surface area contributed by atoms with Crippen molar-refractivity contribution in [2.75, 3.05) is 19.0 Å². The molecule has 0 saturated carbocycles. The second-order valence-electron chi connectivity index (χ2n) is 6.19. The van der Waals surface area contributed by atoms with Crippen molar-refractivity contribution < 1.29 is 17.9 Å². The number of aryl methyl sites for hydroxylation is 2. The van der Waals surface area contributed by atoms with Crippen LogP contribution < -0.4 is 10.1 Å². The highest BCUT2D eigenvalue weighted by molar-refractivity contribution is 7.80. The van der Waals surface area contributed by atoms with Crippen LogP contribution in [-0.4, -0.2) is 29.8 Å². The van der Waals surface area contributed by atoms with Gasteiger partial charge in [-0.1, -0.05) is 29.8 Å². The Morgan fingerprint density at radius 2 is 1.81 bits per heavy atom. The highest BCUT2D eigenvalue weighted by Gasteiger charge is 2.32. The standard InChI is InChI=1S/C19H20ClF3N2OS/c1-12-8-13(2)17(16(20)9-12)24-18(27)25(11-19(21,22)23)10-14-4-6-15(26-3)7-5-14/h4-9H,10-11H2,1-3H3,(H,24,27). The first kappa shape index (κ1) is 21.3. The van der Waals surface area contributed by atoms with Crippen molar-refractivity contribution >= 4 is 34.6 Å². The number of thiocarbonyl (C=S) groups is 1. The van der Waals surface area contributed by atoms with E-state index in [1.165, 1.54) is 7.11 Å². The van der Waals surface area contributed by atoms with Gasteiger partial charge in [0.05, 0.1) is 17.8 Å². The van der Waals surface area contributed by atoms with Gasteiger partial charge in [-0.15, -0.1) is 0 Å². The van der Waals surface area contributed by atoms with E-state index < -0.39 is 12.7 Å². The summed E-state index contributed by atoms with van der Waals surface area (Å²) in [7, 11) is 1.53. The van der Waals surface area contributed by atoms with Gasteiger partial charge in [0.1, 0.15) is 12.3 Å². The van der Waals surface area contributed by atoms with Gasteiger partial charge in [0.2, 0.25) is 0 Å². The van der Waals surface area contributed by atoms with Crippen LogP contribution in [0.2, 0.25) is 5.02 Å². The second-order valence-corrected chi connectivity index (χ2v) is 6.98. The summed E-state index contributed by atoms with van der Waals surface area (Å²) in [4.78, 5) is 1.06. The molecule has 1 N–H and O–H groups in total. The van der Waals surface area contributed by atoms with Crippen molar-refractivity contribution in [3.8, 4) is 5.75 Å². The molecule has 0 aliphatic heterocycles. The lowest BCUT2D eigenvalue weighted by Crippen LogP contribution is -2.41. The number of rotatable bonds is 5. The molecule has 0 spiro atoms. The summed E-state index contributed by atoms with van der Waals surface area (Å²) in [6, 6.07) is 10.4. The molecule has 0 saturated heterocycles.